The van der Waals surface area contributed by atoms with Gasteiger partial charge in [-0.1, -0.05) is 23.7 Å². The maximum atomic E-state index is 14.5. The zero-order chi connectivity index (χ0) is 24.2. The number of hydrogen-bond acceptors (Lipinski definition) is 8. The molecule has 0 spiro atoms. The molecule has 4 unspecified atom stereocenters. The highest BCUT2D eigenvalue weighted by Crippen LogP contribution is 2.41. The fourth-order valence-corrected chi connectivity index (χ4v) is 3.58. The number of pyridine rings is 1. The van der Waals surface area contributed by atoms with Crippen LogP contribution in [0.15, 0.2) is 36.5 Å². The molecular formula is C22H24ClF2NO7. The Morgan fingerprint density at radius 2 is 2.00 bits per heavy atom. The average Bonchev–Trinajstić information content (AvgIpc) is 2.79. The molecule has 2 N–H and O–H groups in total. The minimum absolute atomic E-state index is 0.00131. The molecule has 11 heteroatoms. The first-order valence-electron chi connectivity index (χ1n) is 10.1. The van der Waals surface area contributed by atoms with Crippen LogP contribution in [-0.4, -0.2) is 65.9 Å². The highest BCUT2D eigenvalue weighted by Gasteiger charge is 2.58. The minimum Gasteiger partial charge on any atom is -0.495 e. The van der Waals surface area contributed by atoms with Gasteiger partial charge in [0.1, 0.15) is 30.7 Å². The van der Waals surface area contributed by atoms with Crippen LogP contribution in [-0.2, 0) is 20.6 Å². The summed E-state index contributed by atoms with van der Waals surface area (Å²) < 4.78 is 48.8. The molecule has 0 saturated carbocycles. The molecule has 1 aliphatic heterocycles. The maximum absolute atomic E-state index is 14.5. The average molecular weight is 488 g/mol. The molecule has 0 amide bonds. The molecule has 1 fully saturated rings. The van der Waals surface area contributed by atoms with E-state index in [0.717, 1.165) is 0 Å². The number of benzene rings is 1. The van der Waals surface area contributed by atoms with E-state index < -0.39 is 43.1 Å². The third kappa shape index (κ3) is 5.70. The largest absolute Gasteiger partial charge is 0.508 e. The topological polar surface area (TPSA) is 107 Å². The Hall–Kier alpha value is -2.53. The number of halogens is 3. The predicted octanol–water partition coefficient (Wildman–Crippen LogP) is 3.30. The van der Waals surface area contributed by atoms with Crippen molar-refractivity contribution in [2.24, 2.45) is 0 Å². The van der Waals surface area contributed by atoms with Crippen molar-refractivity contribution < 1.29 is 42.7 Å². The van der Waals surface area contributed by atoms with Gasteiger partial charge >= 0.3 is 12.1 Å². The number of aromatic nitrogens is 1. The standard InChI is InChI=1S/C22H24ClF2NO7/c1-3-31-21(29)32-11-17-22(24,25)20(28)18(27)19(33-17)12-4-7-16(23)13(8-12)9-14-5-6-15(30-2)10-26-14/h4-8,10,17-20,27-28H,3,9,11H2,1-2H3. The molecule has 4 atom stereocenters. The van der Waals surface area contributed by atoms with Crippen LogP contribution in [0.4, 0.5) is 13.6 Å². The Labute approximate surface area is 194 Å². The van der Waals surface area contributed by atoms with E-state index in [1.54, 1.807) is 24.4 Å². The normalized spacial score (nSPS) is 24.2. The van der Waals surface area contributed by atoms with Crippen LogP contribution in [0.25, 0.3) is 0 Å². The second-order valence-electron chi connectivity index (χ2n) is 7.37. The van der Waals surface area contributed by atoms with Crippen molar-refractivity contribution in [2.75, 3.05) is 20.3 Å². The maximum Gasteiger partial charge on any atom is 0.508 e. The van der Waals surface area contributed by atoms with E-state index in [4.69, 9.17) is 21.1 Å². The Balaban J connectivity index is 1.82. The number of hydrogen-bond donors (Lipinski definition) is 2. The second kappa shape index (κ2) is 10.6. The van der Waals surface area contributed by atoms with Gasteiger partial charge in [-0.05, 0) is 36.2 Å². The van der Waals surface area contributed by atoms with Crippen molar-refractivity contribution in [1.82, 2.24) is 4.98 Å². The summed E-state index contributed by atoms with van der Waals surface area (Å²) in [6.07, 6.45) is -7.00. The Morgan fingerprint density at radius 3 is 2.64 bits per heavy atom. The molecule has 1 aromatic carbocycles. The molecule has 0 bridgehead atoms. The summed E-state index contributed by atoms with van der Waals surface area (Å²) >= 11 is 6.30. The summed E-state index contributed by atoms with van der Waals surface area (Å²) in [5.41, 5.74) is 1.59. The monoisotopic (exact) mass is 487 g/mol. The van der Waals surface area contributed by atoms with Crippen LogP contribution in [0.5, 0.6) is 5.75 Å². The number of alkyl halides is 2. The van der Waals surface area contributed by atoms with Gasteiger partial charge in [0, 0.05) is 17.1 Å². The quantitative estimate of drug-likeness (QED) is 0.573. The fraction of sp³-hybridized carbons (Fsp3) is 0.455. The smallest absolute Gasteiger partial charge is 0.495 e. The van der Waals surface area contributed by atoms with Crippen molar-refractivity contribution in [1.29, 1.82) is 0 Å². The Bertz CT molecular complexity index is 960. The van der Waals surface area contributed by atoms with Crippen LogP contribution < -0.4 is 4.74 Å². The molecule has 180 valence electrons. The zero-order valence-corrected chi connectivity index (χ0v) is 18.7. The van der Waals surface area contributed by atoms with Gasteiger partial charge in [0.15, 0.2) is 6.10 Å². The van der Waals surface area contributed by atoms with E-state index in [1.807, 2.05) is 0 Å². The number of carbonyl (C=O) groups is 1. The van der Waals surface area contributed by atoms with E-state index in [1.165, 1.54) is 26.2 Å². The van der Waals surface area contributed by atoms with Crippen molar-refractivity contribution in [3.63, 3.8) is 0 Å². The molecule has 0 radical (unpaired) electrons. The lowest BCUT2D eigenvalue weighted by Gasteiger charge is -2.42. The van der Waals surface area contributed by atoms with E-state index in [2.05, 4.69) is 14.5 Å². The SMILES string of the molecule is CCOC(=O)OCC1OC(c2ccc(Cl)c(Cc3ccc(OC)cn3)c2)C(O)C(O)C1(F)F. The molecule has 2 heterocycles. The molecule has 33 heavy (non-hydrogen) atoms. The van der Waals surface area contributed by atoms with Gasteiger partial charge in [0.2, 0.25) is 0 Å². The Morgan fingerprint density at radius 1 is 1.24 bits per heavy atom. The lowest BCUT2D eigenvalue weighted by molar-refractivity contribution is -0.296. The molecule has 2 aromatic rings. The van der Waals surface area contributed by atoms with Crippen LogP contribution in [0.2, 0.25) is 5.02 Å². The van der Waals surface area contributed by atoms with Gasteiger partial charge in [-0.2, -0.15) is 0 Å². The van der Waals surface area contributed by atoms with E-state index >= 15 is 0 Å². The van der Waals surface area contributed by atoms with Gasteiger partial charge in [-0.25, -0.2) is 13.6 Å². The van der Waals surface area contributed by atoms with Crippen LogP contribution in [0.3, 0.4) is 0 Å². The first-order chi connectivity index (χ1) is 15.7. The molecule has 3 rings (SSSR count). The van der Waals surface area contributed by atoms with Crippen molar-refractivity contribution >= 4 is 17.8 Å². The molecular weight excluding hydrogens is 464 g/mol. The number of nitrogens with zero attached hydrogens (tertiary/aromatic N) is 1. The van der Waals surface area contributed by atoms with Crippen molar-refractivity contribution in [2.45, 2.75) is 43.7 Å². The fourth-order valence-electron chi connectivity index (χ4n) is 3.40. The minimum atomic E-state index is -3.87. The third-order valence-corrected chi connectivity index (χ3v) is 5.55. The lowest BCUT2D eigenvalue weighted by atomic mass is 9.89. The van der Waals surface area contributed by atoms with E-state index in [-0.39, 0.29) is 6.61 Å². The van der Waals surface area contributed by atoms with E-state index in [0.29, 0.717) is 34.0 Å². The summed E-state index contributed by atoms with van der Waals surface area (Å²) in [5, 5.41) is 20.8. The molecule has 1 aliphatic rings. The zero-order valence-electron chi connectivity index (χ0n) is 17.9. The number of ether oxygens (including phenoxy) is 4. The first kappa shape index (κ1) is 25.1. The van der Waals surface area contributed by atoms with Crippen LogP contribution in [0.1, 0.15) is 29.8 Å². The van der Waals surface area contributed by atoms with Crippen LogP contribution in [0, 0.1) is 0 Å². The summed E-state index contributed by atoms with van der Waals surface area (Å²) in [5.74, 6) is -3.28. The molecule has 1 aromatic heterocycles. The second-order valence-corrected chi connectivity index (χ2v) is 7.77. The molecule has 8 nitrogen and oxygen atoms in total. The van der Waals surface area contributed by atoms with Gasteiger partial charge in [0.25, 0.3) is 0 Å². The number of methoxy groups -OCH3 is 1. The summed E-state index contributed by atoms with van der Waals surface area (Å²) in [4.78, 5) is 15.7. The van der Waals surface area contributed by atoms with Gasteiger partial charge in [-0.3, -0.25) is 4.98 Å². The summed E-state index contributed by atoms with van der Waals surface area (Å²) in [6.45, 7) is 0.659. The van der Waals surface area contributed by atoms with Crippen LogP contribution >= 0.6 is 11.6 Å². The number of carbonyl (C=O) groups excluding carboxylic acids is 1. The summed E-state index contributed by atoms with van der Waals surface area (Å²) in [7, 11) is 1.52. The lowest BCUT2D eigenvalue weighted by Crippen LogP contribution is -2.60. The highest BCUT2D eigenvalue weighted by molar-refractivity contribution is 6.31. The van der Waals surface area contributed by atoms with Gasteiger partial charge in [-0.15, -0.1) is 0 Å². The van der Waals surface area contributed by atoms with Gasteiger partial charge in [0.05, 0.1) is 19.9 Å². The van der Waals surface area contributed by atoms with Gasteiger partial charge < -0.3 is 29.2 Å². The first-order valence-corrected chi connectivity index (χ1v) is 10.5. The van der Waals surface area contributed by atoms with Crippen molar-refractivity contribution in [3.05, 3.63) is 58.4 Å². The van der Waals surface area contributed by atoms with E-state index in [9.17, 15) is 23.8 Å². The Kier molecular flexibility index (Phi) is 8.06. The molecule has 0 aliphatic carbocycles. The predicted molar refractivity (Wildman–Crippen MR) is 113 cm³/mol. The number of aliphatic hydroxyl groups excluding tert-OH is 2. The number of rotatable bonds is 7. The summed E-state index contributed by atoms with van der Waals surface area (Å²) in [6, 6.07) is 8.11. The third-order valence-electron chi connectivity index (χ3n) is 5.19. The highest BCUT2D eigenvalue weighted by atomic mass is 35.5. The number of aliphatic hydroxyl groups is 2. The molecule has 1 saturated heterocycles. The van der Waals surface area contributed by atoms with Crippen molar-refractivity contribution in [3.8, 4) is 5.75 Å².